The molecular formula is C23H24O4S10. The zero-order valence-corrected chi connectivity index (χ0v) is 29.0. The largest absolute Gasteiger partial charge is 0.465 e. The minimum absolute atomic E-state index is 0.269. The summed E-state index contributed by atoms with van der Waals surface area (Å²) in [5, 5.41) is 0. The van der Waals surface area contributed by atoms with Gasteiger partial charge < -0.3 is 9.47 Å². The van der Waals surface area contributed by atoms with Gasteiger partial charge in [-0.05, 0) is 65.2 Å². The third-order valence-electron chi connectivity index (χ3n) is 4.94. The van der Waals surface area contributed by atoms with Gasteiger partial charge in [-0.2, -0.15) is 0 Å². The lowest BCUT2D eigenvalue weighted by Crippen LogP contribution is -2.01. The predicted molar refractivity (Wildman–Crippen MR) is 179 cm³/mol. The van der Waals surface area contributed by atoms with Crippen LogP contribution in [0.5, 0.6) is 0 Å². The first-order chi connectivity index (χ1) is 17.7. The second-order valence-corrected chi connectivity index (χ2v) is 20.2. The van der Waals surface area contributed by atoms with Crippen LogP contribution in [0.3, 0.4) is 0 Å². The molecule has 37 heavy (non-hydrogen) atoms. The minimum Gasteiger partial charge on any atom is -0.465 e. The molecular weight excluding hydrogens is 661 g/mol. The van der Waals surface area contributed by atoms with Gasteiger partial charge in [-0.25, -0.2) is 9.59 Å². The number of hydrogen-bond donors (Lipinski definition) is 0. The molecule has 200 valence electrons. The van der Waals surface area contributed by atoms with E-state index in [9.17, 15) is 9.59 Å². The highest BCUT2D eigenvalue weighted by molar-refractivity contribution is 8.39. The number of carbonyl (C=O) groups excluding carboxylic acids is 2. The average Bonchev–Trinajstić information content (AvgIpc) is 3.65. The normalized spacial score (nSPS) is 20.5. The monoisotopic (exact) mass is 684 g/mol. The Morgan fingerprint density at radius 1 is 0.568 bits per heavy atom. The molecule has 14 heteroatoms. The maximum absolute atomic E-state index is 12.4. The molecule has 0 spiro atoms. The molecule has 4 rings (SSSR count). The minimum atomic E-state index is -0.269. The lowest BCUT2D eigenvalue weighted by atomic mass is 10.6. The van der Waals surface area contributed by atoms with Crippen molar-refractivity contribution in [2.24, 2.45) is 0 Å². The van der Waals surface area contributed by atoms with Crippen LogP contribution in [0.25, 0.3) is 0 Å². The number of allylic oxidation sites excluding steroid dienone is 4. The Labute approximate surface area is 260 Å². The SMILES string of the molecule is COC(=O)C1=C(SCCCSC2=C(C(=O)OC)SC(=C3SC(C)=C(C)S3)S2)SC(=C2SC(C)=C(C)S2)S1. The molecule has 0 saturated heterocycles. The highest BCUT2D eigenvalue weighted by atomic mass is 32.2. The van der Waals surface area contributed by atoms with Gasteiger partial charge in [0.2, 0.25) is 0 Å². The Hall–Kier alpha value is 0.880. The molecule has 0 amide bonds. The number of hydrogen-bond acceptors (Lipinski definition) is 14. The van der Waals surface area contributed by atoms with Crippen LogP contribution in [-0.2, 0) is 19.1 Å². The standard InChI is InChI=1S/C23H24O4S10/c1-10-11(2)31-20(30-10)22-34-14(16(24)26-5)18(36-22)28-8-7-9-29-19-15(17(25)27-6)35-23(37-19)21-32-12(3)13(4)33-21/h7-9H2,1-6H3. The van der Waals surface area contributed by atoms with Gasteiger partial charge in [0, 0.05) is 0 Å². The zero-order valence-electron chi connectivity index (χ0n) is 20.8. The van der Waals surface area contributed by atoms with Gasteiger partial charge in [-0.3, -0.25) is 0 Å². The predicted octanol–water partition coefficient (Wildman–Crippen LogP) is 10.2. The van der Waals surface area contributed by atoms with Gasteiger partial charge in [0.1, 0.15) is 9.81 Å². The van der Waals surface area contributed by atoms with Crippen molar-refractivity contribution < 1.29 is 19.1 Å². The topological polar surface area (TPSA) is 52.6 Å². The van der Waals surface area contributed by atoms with Crippen molar-refractivity contribution in [1.82, 2.24) is 0 Å². The van der Waals surface area contributed by atoms with Crippen molar-refractivity contribution in [1.29, 1.82) is 0 Å². The maximum atomic E-state index is 12.4. The van der Waals surface area contributed by atoms with E-state index in [4.69, 9.17) is 9.47 Å². The first kappa shape index (κ1) is 30.8. The van der Waals surface area contributed by atoms with Crippen molar-refractivity contribution in [2.75, 3.05) is 25.7 Å². The highest BCUT2D eigenvalue weighted by Gasteiger charge is 2.33. The molecule has 0 radical (unpaired) electrons. The molecule has 0 aliphatic carbocycles. The molecule has 4 aliphatic heterocycles. The first-order valence-corrected chi connectivity index (χ1v) is 19.4. The molecule has 0 aromatic carbocycles. The Morgan fingerprint density at radius 3 is 1.22 bits per heavy atom. The summed E-state index contributed by atoms with van der Waals surface area (Å²) in [4.78, 5) is 31.5. The zero-order chi connectivity index (χ0) is 26.7. The van der Waals surface area contributed by atoms with Crippen molar-refractivity contribution in [3.8, 4) is 0 Å². The summed E-state index contributed by atoms with van der Waals surface area (Å²) in [5.74, 6) is 1.23. The van der Waals surface area contributed by atoms with Crippen LogP contribution < -0.4 is 0 Å². The van der Waals surface area contributed by atoms with Crippen molar-refractivity contribution >= 4 is 130 Å². The van der Waals surface area contributed by atoms with Crippen molar-refractivity contribution in [3.63, 3.8) is 0 Å². The fraction of sp³-hybridized carbons (Fsp3) is 0.391. The average molecular weight is 685 g/mol. The Kier molecular flexibility index (Phi) is 11.8. The number of thioether (sulfide) groups is 10. The summed E-state index contributed by atoms with van der Waals surface area (Å²) in [6, 6.07) is 0. The number of rotatable bonds is 8. The molecule has 0 aromatic rings. The summed E-state index contributed by atoms with van der Waals surface area (Å²) < 4.78 is 17.0. The third kappa shape index (κ3) is 7.59. The van der Waals surface area contributed by atoms with Crippen molar-refractivity contribution in [2.45, 2.75) is 34.1 Å². The van der Waals surface area contributed by atoms with Crippen LogP contribution in [0.15, 0.2) is 54.9 Å². The van der Waals surface area contributed by atoms with E-state index in [0.717, 1.165) is 26.4 Å². The molecule has 0 fully saturated rings. The van der Waals surface area contributed by atoms with E-state index in [1.807, 2.05) is 0 Å². The van der Waals surface area contributed by atoms with Gasteiger partial charge in [0.05, 0.1) is 39.6 Å². The molecule has 0 aromatic heterocycles. The van der Waals surface area contributed by atoms with E-state index < -0.39 is 0 Å². The van der Waals surface area contributed by atoms with E-state index in [1.165, 1.54) is 74.3 Å². The van der Waals surface area contributed by atoms with E-state index in [-0.39, 0.29) is 11.9 Å². The fourth-order valence-electron chi connectivity index (χ4n) is 2.80. The number of carbonyl (C=O) groups is 2. The number of ether oxygens (including phenoxy) is 2. The van der Waals surface area contributed by atoms with Crippen LogP contribution in [0.2, 0.25) is 0 Å². The van der Waals surface area contributed by atoms with E-state index >= 15 is 0 Å². The second-order valence-electron chi connectivity index (χ2n) is 7.46. The Balaban J connectivity index is 1.33. The van der Waals surface area contributed by atoms with Gasteiger partial charge in [0.15, 0.2) is 0 Å². The van der Waals surface area contributed by atoms with Crippen LogP contribution in [-0.4, -0.2) is 37.7 Å². The molecule has 0 atom stereocenters. The molecule has 0 bridgehead atoms. The van der Waals surface area contributed by atoms with Crippen LogP contribution in [0, 0.1) is 0 Å². The summed E-state index contributed by atoms with van der Waals surface area (Å²) in [6.07, 6.45) is 0.950. The van der Waals surface area contributed by atoms with E-state index in [1.54, 1.807) is 94.1 Å². The van der Waals surface area contributed by atoms with Gasteiger partial charge in [-0.1, -0.05) is 94.1 Å². The molecule has 0 N–H and O–H groups in total. The summed E-state index contributed by atoms with van der Waals surface area (Å²) in [6.45, 7) is 8.55. The quantitative estimate of drug-likeness (QED) is 0.180. The Morgan fingerprint density at radius 2 is 0.892 bits per heavy atom. The van der Waals surface area contributed by atoms with Crippen LogP contribution in [0.1, 0.15) is 34.1 Å². The lowest BCUT2D eigenvalue weighted by molar-refractivity contribution is -0.136. The third-order valence-corrected chi connectivity index (χ3v) is 19.4. The lowest BCUT2D eigenvalue weighted by Gasteiger charge is -2.05. The second kappa shape index (κ2) is 14.2. The van der Waals surface area contributed by atoms with Crippen LogP contribution in [0.4, 0.5) is 0 Å². The molecule has 4 aliphatic rings. The molecule has 4 nitrogen and oxygen atoms in total. The van der Waals surface area contributed by atoms with E-state index in [2.05, 4.69) is 27.7 Å². The van der Waals surface area contributed by atoms with Gasteiger partial charge in [-0.15, -0.1) is 23.5 Å². The maximum Gasteiger partial charge on any atom is 0.346 e. The van der Waals surface area contributed by atoms with Gasteiger partial charge in [0.25, 0.3) is 0 Å². The number of methoxy groups -OCH3 is 2. The number of esters is 2. The molecule has 0 saturated carbocycles. The highest BCUT2D eigenvalue weighted by Crippen LogP contribution is 2.63. The Bertz CT molecular complexity index is 1080. The fourth-order valence-corrected chi connectivity index (χ4v) is 16.8. The first-order valence-electron chi connectivity index (χ1n) is 10.9. The smallest absolute Gasteiger partial charge is 0.346 e. The van der Waals surface area contributed by atoms with Gasteiger partial charge >= 0.3 is 11.9 Å². The summed E-state index contributed by atoms with van der Waals surface area (Å²) in [7, 11) is 2.88. The summed E-state index contributed by atoms with van der Waals surface area (Å²) in [5.41, 5.74) is 0. The molecule has 0 unspecified atom stereocenters. The summed E-state index contributed by atoms with van der Waals surface area (Å²) >= 11 is 17.0. The van der Waals surface area contributed by atoms with E-state index in [0.29, 0.717) is 9.81 Å². The van der Waals surface area contributed by atoms with Crippen molar-refractivity contribution in [3.05, 3.63) is 54.9 Å². The van der Waals surface area contributed by atoms with Crippen LogP contribution >= 0.6 is 118 Å². The molecule has 4 heterocycles.